The highest BCUT2D eigenvalue weighted by molar-refractivity contribution is 8.01. The second kappa shape index (κ2) is 7.97. The minimum absolute atomic E-state index is 0.0117. The SMILES string of the molecule is CC1(C)S[C@@H]2CC(=O)N2[C@H]1C(=O)O/C(=N\OC1CCCCC1)c1ccccc1F. The Labute approximate surface area is 173 Å². The van der Waals surface area contributed by atoms with Gasteiger partial charge in [0.2, 0.25) is 5.91 Å². The molecule has 1 aliphatic carbocycles. The third-order valence-corrected chi connectivity index (χ3v) is 7.18. The molecular formula is C21H25FN2O4S. The van der Waals surface area contributed by atoms with Gasteiger partial charge in [-0.2, -0.15) is 0 Å². The van der Waals surface area contributed by atoms with Crippen molar-refractivity contribution in [3.8, 4) is 0 Å². The van der Waals surface area contributed by atoms with Gasteiger partial charge in [0.05, 0.1) is 17.4 Å². The Balaban J connectivity index is 1.57. The molecule has 0 radical (unpaired) electrons. The van der Waals surface area contributed by atoms with Gasteiger partial charge in [-0.1, -0.05) is 18.6 Å². The van der Waals surface area contributed by atoms with E-state index in [9.17, 15) is 14.0 Å². The molecule has 0 unspecified atom stereocenters. The van der Waals surface area contributed by atoms with Crippen LogP contribution in [0, 0.1) is 5.82 Å². The monoisotopic (exact) mass is 420 g/mol. The highest BCUT2D eigenvalue weighted by Gasteiger charge is 2.59. The van der Waals surface area contributed by atoms with Crippen LogP contribution in [0.4, 0.5) is 4.39 Å². The number of rotatable bonds is 4. The summed E-state index contributed by atoms with van der Waals surface area (Å²) in [5.41, 5.74) is 0.0617. The van der Waals surface area contributed by atoms with Crippen molar-refractivity contribution in [1.82, 2.24) is 4.90 Å². The zero-order valence-corrected chi connectivity index (χ0v) is 17.4. The largest absolute Gasteiger partial charge is 0.402 e. The van der Waals surface area contributed by atoms with Crippen LogP contribution in [0.5, 0.6) is 0 Å². The number of halogens is 1. The van der Waals surface area contributed by atoms with E-state index in [0.29, 0.717) is 6.42 Å². The van der Waals surface area contributed by atoms with Crippen LogP contribution in [-0.2, 0) is 19.2 Å². The van der Waals surface area contributed by atoms with Crippen LogP contribution in [0.3, 0.4) is 0 Å². The predicted octanol–water partition coefficient (Wildman–Crippen LogP) is 3.83. The van der Waals surface area contributed by atoms with Crippen molar-refractivity contribution in [2.75, 3.05) is 0 Å². The van der Waals surface area contributed by atoms with E-state index in [1.165, 1.54) is 12.1 Å². The van der Waals surface area contributed by atoms with E-state index in [0.717, 1.165) is 32.1 Å². The summed E-state index contributed by atoms with van der Waals surface area (Å²) in [7, 11) is 0. The van der Waals surface area contributed by atoms with E-state index in [1.54, 1.807) is 28.8 Å². The first-order valence-corrected chi connectivity index (χ1v) is 10.9. The first-order valence-electron chi connectivity index (χ1n) is 10.1. The molecule has 6 nitrogen and oxygen atoms in total. The number of thioether (sulfide) groups is 1. The number of benzene rings is 1. The first kappa shape index (κ1) is 20.2. The Kier molecular flexibility index (Phi) is 5.55. The van der Waals surface area contributed by atoms with Crippen molar-refractivity contribution < 1.29 is 23.6 Å². The summed E-state index contributed by atoms with van der Waals surface area (Å²) in [5.74, 6) is -1.44. The van der Waals surface area contributed by atoms with Gasteiger partial charge in [-0.3, -0.25) is 4.79 Å². The molecule has 3 aliphatic rings. The van der Waals surface area contributed by atoms with Crippen molar-refractivity contribution in [2.24, 2.45) is 5.16 Å². The maximum atomic E-state index is 14.4. The summed E-state index contributed by atoms with van der Waals surface area (Å²) in [6.07, 6.45) is 5.39. The maximum Gasteiger partial charge on any atom is 0.337 e. The van der Waals surface area contributed by atoms with E-state index in [2.05, 4.69) is 5.16 Å². The van der Waals surface area contributed by atoms with Crippen LogP contribution in [-0.4, -0.2) is 44.9 Å². The normalized spacial score (nSPS) is 26.7. The third-order valence-electron chi connectivity index (χ3n) is 5.69. The van der Waals surface area contributed by atoms with Crippen LogP contribution in [0.25, 0.3) is 0 Å². The molecule has 1 aromatic rings. The Bertz CT molecular complexity index is 838. The number of β-lactam (4-membered cyclic amide) rings is 1. The Morgan fingerprint density at radius 3 is 2.66 bits per heavy atom. The molecule has 0 bridgehead atoms. The number of oxime groups is 1. The van der Waals surface area contributed by atoms with Gasteiger partial charge in [-0.05, 0) is 56.8 Å². The van der Waals surface area contributed by atoms with Gasteiger partial charge in [-0.25, -0.2) is 9.18 Å². The second-order valence-corrected chi connectivity index (χ2v) is 10.1. The molecule has 156 valence electrons. The number of ether oxygens (including phenoxy) is 1. The van der Waals surface area contributed by atoms with Gasteiger partial charge >= 0.3 is 5.97 Å². The van der Waals surface area contributed by atoms with Crippen LogP contribution < -0.4 is 0 Å². The zero-order chi connectivity index (χ0) is 20.6. The summed E-state index contributed by atoms with van der Waals surface area (Å²) < 4.78 is 19.5. The minimum atomic E-state index is -0.745. The first-order chi connectivity index (χ1) is 13.9. The molecule has 2 aliphatic heterocycles. The lowest BCUT2D eigenvalue weighted by molar-refractivity contribution is -0.156. The number of esters is 1. The summed E-state index contributed by atoms with van der Waals surface area (Å²) in [5, 5.41) is 4.03. The Morgan fingerprint density at radius 2 is 1.97 bits per heavy atom. The lowest BCUT2D eigenvalue weighted by Crippen LogP contribution is -2.57. The second-order valence-electron chi connectivity index (χ2n) is 8.25. The van der Waals surface area contributed by atoms with Crippen molar-refractivity contribution in [1.29, 1.82) is 0 Å². The molecule has 2 heterocycles. The summed E-state index contributed by atoms with van der Waals surface area (Å²) in [4.78, 5) is 32.3. The minimum Gasteiger partial charge on any atom is -0.402 e. The molecule has 2 atom stereocenters. The van der Waals surface area contributed by atoms with Crippen molar-refractivity contribution in [3.63, 3.8) is 0 Å². The predicted molar refractivity (Wildman–Crippen MR) is 108 cm³/mol. The average molecular weight is 421 g/mol. The molecule has 1 saturated carbocycles. The fourth-order valence-electron chi connectivity index (χ4n) is 4.16. The standard InChI is InChI=1S/C21H25FN2O4S/c1-21(2)18(24-16(25)12-17(24)29-21)20(26)27-19(14-10-6-7-11-15(14)22)23-28-13-8-4-3-5-9-13/h6-7,10-11,13,17-18H,3-5,8-9,12H2,1-2H3/b23-19-/t17-,18+/m1/s1. The molecule has 1 amide bonds. The van der Waals surface area contributed by atoms with Crippen molar-refractivity contribution in [2.45, 2.75) is 74.6 Å². The van der Waals surface area contributed by atoms with E-state index < -0.39 is 22.6 Å². The zero-order valence-electron chi connectivity index (χ0n) is 16.6. The smallest absolute Gasteiger partial charge is 0.337 e. The van der Waals surface area contributed by atoms with Crippen LogP contribution in [0.1, 0.15) is 57.9 Å². The summed E-state index contributed by atoms with van der Waals surface area (Å²) >= 11 is 1.58. The molecule has 0 N–H and O–H groups in total. The van der Waals surface area contributed by atoms with Crippen LogP contribution in [0.15, 0.2) is 29.4 Å². The fraction of sp³-hybridized carbons (Fsp3) is 0.571. The van der Waals surface area contributed by atoms with Crippen LogP contribution >= 0.6 is 11.8 Å². The number of carbonyl (C=O) groups excluding carboxylic acids is 2. The quantitative estimate of drug-likeness (QED) is 0.243. The average Bonchev–Trinajstić information content (AvgIpc) is 2.92. The van der Waals surface area contributed by atoms with Crippen molar-refractivity contribution >= 4 is 29.5 Å². The maximum absolute atomic E-state index is 14.4. The van der Waals surface area contributed by atoms with Crippen molar-refractivity contribution in [3.05, 3.63) is 35.6 Å². The fourth-order valence-corrected chi connectivity index (χ4v) is 5.78. The van der Waals surface area contributed by atoms with E-state index in [4.69, 9.17) is 9.57 Å². The molecule has 0 spiro atoms. The number of hydrogen-bond donors (Lipinski definition) is 0. The highest BCUT2D eigenvalue weighted by atomic mass is 32.2. The molecule has 2 saturated heterocycles. The van der Waals surface area contributed by atoms with Gasteiger partial charge in [-0.15, -0.1) is 11.8 Å². The molecule has 1 aromatic carbocycles. The van der Waals surface area contributed by atoms with Gasteiger partial charge in [0.1, 0.15) is 18.0 Å². The van der Waals surface area contributed by atoms with Gasteiger partial charge in [0.15, 0.2) is 0 Å². The molecule has 0 aromatic heterocycles. The molecule has 4 rings (SSSR count). The lowest BCUT2D eigenvalue weighted by Gasteiger charge is -2.37. The topological polar surface area (TPSA) is 68.2 Å². The summed E-state index contributed by atoms with van der Waals surface area (Å²) in [6.45, 7) is 3.82. The van der Waals surface area contributed by atoms with Gasteiger partial charge in [0, 0.05) is 4.75 Å². The number of carbonyl (C=O) groups is 2. The Morgan fingerprint density at radius 1 is 1.24 bits per heavy atom. The van der Waals surface area contributed by atoms with E-state index in [1.807, 2.05) is 13.8 Å². The lowest BCUT2D eigenvalue weighted by atomic mass is 9.98. The number of fused-ring (bicyclic) bond motifs is 1. The summed E-state index contributed by atoms with van der Waals surface area (Å²) in [6, 6.07) is 5.24. The van der Waals surface area contributed by atoms with E-state index in [-0.39, 0.29) is 28.8 Å². The van der Waals surface area contributed by atoms with Gasteiger partial charge in [0.25, 0.3) is 5.90 Å². The van der Waals surface area contributed by atoms with Gasteiger partial charge < -0.3 is 14.5 Å². The molecule has 3 fully saturated rings. The van der Waals surface area contributed by atoms with Crippen LogP contribution in [0.2, 0.25) is 0 Å². The number of nitrogens with zero attached hydrogens (tertiary/aromatic N) is 2. The molecular weight excluding hydrogens is 395 g/mol. The number of hydrogen-bond acceptors (Lipinski definition) is 6. The Hall–Kier alpha value is -2.09. The molecule has 8 heteroatoms. The highest BCUT2D eigenvalue weighted by Crippen LogP contribution is 2.50. The number of amides is 1. The molecule has 29 heavy (non-hydrogen) atoms. The van der Waals surface area contributed by atoms with E-state index >= 15 is 0 Å². The third kappa shape index (κ3) is 3.99.